The van der Waals surface area contributed by atoms with Crippen LogP contribution in [0.1, 0.15) is 29.7 Å². The van der Waals surface area contributed by atoms with Crippen molar-refractivity contribution in [2.24, 2.45) is 0 Å². The first-order valence-electron chi connectivity index (χ1n) is 10.5. The summed E-state index contributed by atoms with van der Waals surface area (Å²) in [5.41, 5.74) is 3.05. The number of ether oxygens (including phenoxy) is 3. The first kappa shape index (κ1) is 22.0. The molecule has 1 amide bonds. The smallest absolute Gasteiger partial charge is 0.264 e. The number of amides is 1. The lowest BCUT2D eigenvalue weighted by atomic mass is 9.87. The molecule has 3 aromatic carbocycles. The van der Waals surface area contributed by atoms with Crippen molar-refractivity contribution in [3.05, 3.63) is 88.4 Å². The number of halogens is 1. The van der Waals surface area contributed by atoms with Crippen molar-refractivity contribution in [1.29, 1.82) is 0 Å². The van der Waals surface area contributed by atoms with Crippen LogP contribution in [0, 0.1) is 0 Å². The van der Waals surface area contributed by atoms with Crippen molar-refractivity contribution in [2.45, 2.75) is 25.5 Å². The Morgan fingerprint density at radius 3 is 2.41 bits per heavy atom. The van der Waals surface area contributed by atoms with Crippen LogP contribution in [0.3, 0.4) is 0 Å². The highest BCUT2D eigenvalue weighted by Gasteiger charge is 2.36. The first-order chi connectivity index (χ1) is 15.5. The van der Waals surface area contributed by atoms with Crippen molar-refractivity contribution in [2.75, 3.05) is 20.8 Å². The van der Waals surface area contributed by atoms with E-state index in [0.29, 0.717) is 35.2 Å². The molecule has 166 valence electrons. The Morgan fingerprint density at radius 1 is 1.00 bits per heavy atom. The third-order valence-electron chi connectivity index (χ3n) is 5.73. The fourth-order valence-corrected chi connectivity index (χ4v) is 4.41. The van der Waals surface area contributed by atoms with E-state index in [-0.39, 0.29) is 11.9 Å². The van der Waals surface area contributed by atoms with Gasteiger partial charge in [0.15, 0.2) is 17.6 Å². The summed E-state index contributed by atoms with van der Waals surface area (Å²) in [6.07, 6.45) is 0.0667. The molecule has 0 bridgehead atoms. The van der Waals surface area contributed by atoms with Gasteiger partial charge in [-0.25, -0.2) is 0 Å². The lowest BCUT2D eigenvalue weighted by Gasteiger charge is -2.39. The lowest BCUT2D eigenvalue weighted by molar-refractivity contribution is -0.140. The van der Waals surface area contributed by atoms with Crippen LogP contribution < -0.4 is 14.2 Å². The number of nitrogens with zero attached hydrogens (tertiary/aromatic N) is 1. The molecule has 1 heterocycles. The number of fused-ring (bicyclic) bond motifs is 1. The van der Waals surface area contributed by atoms with Gasteiger partial charge in [-0.2, -0.15) is 0 Å². The van der Waals surface area contributed by atoms with Crippen LogP contribution in [0.5, 0.6) is 17.2 Å². The van der Waals surface area contributed by atoms with E-state index in [1.807, 2.05) is 71.6 Å². The van der Waals surface area contributed by atoms with Crippen LogP contribution in [0.15, 0.2) is 66.7 Å². The van der Waals surface area contributed by atoms with Crippen molar-refractivity contribution >= 4 is 17.5 Å². The highest BCUT2D eigenvalue weighted by atomic mass is 35.5. The van der Waals surface area contributed by atoms with Crippen molar-refractivity contribution in [1.82, 2.24) is 4.90 Å². The number of benzene rings is 3. The second-order valence-electron chi connectivity index (χ2n) is 7.72. The predicted molar refractivity (Wildman–Crippen MR) is 125 cm³/mol. The van der Waals surface area contributed by atoms with E-state index < -0.39 is 6.10 Å². The van der Waals surface area contributed by atoms with E-state index in [2.05, 4.69) is 0 Å². The summed E-state index contributed by atoms with van der Waals surface area (Å²) >= 11 is 6.32. The topological polar surface area (TPSA) is 48.0 Å². The summed E-state index contributed by atoms with van der Waals surface area (Å²) in [5.74, 6) is 1.88. The zero-order chi connectivity index (χ0) is 22.7. The number of carbonyl (C=O) groups excluding carboxylic acids is 1. The summed E-state index contributed by atoms with van der Waals surface area (Å²) in [7, 11) is 3.24. The van der Waals surface area contributed by atoms with Gasteiger partial charge in [0.1, 0.15) is 5.75 Å². The molecule has 32 heavy (non-hydrogen) atoms. The Labute approximate surface area is 193 Å². The molecule has 0 aromatic heterocycles. The molecule has 0 spiro atoms. The molecular weight excluding hydrogens is 426 g/mol. The third-order valence-corrected chi connectivity index (χ3v) is 5.96. The number of hydrogen-bond donors (Lipinski definition) is 0. The quantitative estimate of drug-likeness (QED) is 0.510. The van der Waals surface area contributed by atoms with Crippen LogP contribution >= 0.6 is 11.6 Å². The molecule has 4 rings (SSSR count). The molecule has 2 unspecified atom stereocenters. The third kappa shape index (κ3) is 4.39. The molecule has 1 aliphatic heterocycles. The highest BCUT2D eigenvalue weighted by Crippen LogP contribution is 2.41. The van der Waals surface area contributed by atoms with Gasteiger partial charge in [0, 0.05) is 11.6 Å². The first-order valence-corrected chi connectivity index (χ1v) is 10.9. The van der Waals surface area contributed by atoms with Crippen molar-refractivity contribution < 1.29 is 19.0 Å². The summed E-state index contributed by atoms with van der Waals surface area (Å²) in [5, 5.41) is 0.621. The minimum atomic E-state index is -0.638. The normalized spacial score (nSPS) is 16.1. The minimum Gasteiger partial charge on any atom is -0.493 e. The summed E-state index contributed by atoms with van der Waals surface area (Å²) < 4.78 is 17.0. The fourth-order valence-electron chi connectivity index (χ4n) is 4.21. The highest BCUT2D eigenvalue weighted by molar-refractivity contribution is 6.30. The Hall–Kier alpha value is -3.18. The van der Waals surface area contributed by atoms with Gasteiger partial charge < -0.3 is 19.1 Å². The van der Waals surface area contributed by atoms with Gasteiger partial charge in [0.25, 0.3) is 5.91 Å². The van der Waals surface area contributed by atoms with Gasteiger partial charge in [0.2, 0.25) is 0 Å². The second-order valence-corrected chi connectivity index (χ2v) is 8.15. The molecule has 3 aromatic rings. The number of hydrogen-bond acceptors (Lipinski definition) is 4. The monoisotopic (exact) mass is 451 g/mol. The zero-order valence-corrected chi connectivity index (χ0v) is 19.1. The molecule has 6 heteroatoms. The van der Waals surface area contributed by atoms with Gasteiger partial charge in [-0.3, -0.25) is 4.79 Å². The molecule has 0 saturated carbocycles. The Balaban J connectivity index is 1.74. The fraction of sp³-hybridized carbons (Fsp3) is 0.269. The van der Waals surface area contributed by atoms with Gasteiger partial charge in [-0.15, -0.1) is 0 Å². The number of carbonyl (C=O) groups is 1. The van der Waals surface area contributed by atoms with E-state index in [4.69, 9.17) is 25.8 Å². The van der Waals surface area contributed by atoms with Gasteiger partial charge in [0.05, 0.1) is 20.3 Å². The number of rotatable bonds is 6. The van der Waals surface area contributed by atoms with E-state index >= 15 is 0 Å². The minimum absolute atomic E-state index is 0.0840. The Bertz CT molecular complexity index is 1100. The van der Waals surface area contributed by atoms with Crippen LogP contribution in [0.25, 0.3) is 0 Å². The van der Waals surface area contributed by atoms with Gasteiger partial charge in [-0.05, 0) is 66.4 Å². The van der Waals surface area contributed by atoms with E-state index in [1.54, 1.807) is 21.1 Å². The zero-order valence-electron chi connectivity index (χ0n) is 18.4. The summed E-state index contributed by atoms with van der Waals surface area (Å²) in [4.78, 5) is 15.4. The van der Waals surface area contributed by atoms with Crippen LogP contribution in [-0.2, 0) is 11.2 Å². The molecule has 1 aliphatic rings. The standard InChI is InChI=1S/C26H26ClNO4/c1-17(32-21-10-5-4-6-11-21)26(29)28-13-12-18-15-23(30-2)24(31-3)16-22(18)25(28)19-8-7-9-20(27)14-19/h4-11,14-17,25H,12-13H2,1-3H3. The molecule has 0 saturated heterocycles. The number of para-hydroxylation sites is 1. The van der Waals surface area contributed by atoms with Crippen LogP contribution in [0.4, 0.5) is 0 Å². The average molecular weight is 452 g/mol. The maximum Gasteiger partial charge on any atom is 0.264 e. The molecule has 0 radical (unpaired) electrons. The molecule has 0 N–H and O–H groups in total. The van der Waals surface area contributed by atoms with E-state index in [1.165, 1.54) is 0 Å². The second kappa shape index (κ2) is 9.53. The van der Waals surface area contributed by atoms with Crippen molar-refractivity contribution in [3.8, 4) is 17.2 Å². The SMILES string of the molecule is COc1cc2c(cc1OC)C(c1cccc(Cl)c1)N(C(=O)C(C)Oc1ccccc1)CC2. The molecule has 2 atom stereocenters. The van der Waals surface area contributed by atoms with E-state index in [9.17, 15) is 4.79 Å². The molecule has 0 fully saturated rings. The average Bonchev–Trinajstić information content (AvgIpc) is 2.82. The van der Waals surface area contributed by atoms with Gasteiger partial charge >= 0.3 is 0 Å². The predicted octanol–water partition coefficient (Wildman–Crippen LogP) is 5.30. The Kier molecular flexibility index (Phi) is 6.56. The maximum absolute atomic E-state index is 13.6. The van der Waals surface area contributed by atoms with Crippen LogP contribution in [-0.4, -0.2) is 37.7 Å². The van der Waals surface area contributed by atoms with E-state index in [0.717, 1.165) is 16.7 Å². The molecule has 5 nitrogen and oxygen atoms in total. The van der Waals surface area contributed by atoms with Crippen LogP contribution in [0.2, 0.25) is 5.02 Å². The number of methoxy groups -OCH3 is 2. The Morgan fingerprint density at radius 2 is 1.72 bits per heavy atom. The lowest BCUT2D eigenvalue weighted by Crippen LogP contribution is -2.46. The largest absolute Gasteiger partial charge is 0.493 e. The summed E-state index contributed by atoms with van der Waals surface area (Å²) in [6.45, 7) is 2.34. The van der Waals surface area contributed by atoms with Gasteiger partial charge in [-0.1, -0.05) is 41.9 Å². The maximum atomic E-state index is 13.6. The van der Waals surface area contributed by atoms with Crippen molar-refractivity contribution in [3.63, 3.8) is 0 Å². The summed E-state index contributed by atoms with van der Waals surface area (Å²) in [6, 6.07) is 20.7. The molecular formula is C26H26ClNO4. The molecule has 0 aliphatic carbocycles.